The average molecular weight is 485 g/mol. The van der Waals surface area contributed by atoms with Crippen LogP contribution in [-0.4, -0.2) is 44.9 Å². The van der Waals surface area contributed by atoms with Crippen molar-refractivity contribution in [3.05, 3.63) is 0 Å². The van der Waals surface area contributed by atoms with Gasteiger partial charge in [0.2, 0.25) is 0 Å². The van der Waals surface area contributed by atoms with E-state index in [9.17, 15) is 0 Å². The van der Waals surface area contributed by atoms with Crippen LogP contribution in [0.4, 0.5) is 0 Å². The molecule has 1 aliphatic heterocycles. The van der Waals surface area contributed by atoms with Crippen molar-refractivity contribution < 1.29 is 18.9 Å². The number of hydrogen-bond acceptors (Lipinski definition) is 4. The maximum absolute atomic E-state index is 6.23. The number of ether oxygens (including phenoxy) is 4. The van der Waals surface area contributed by atoms with E-state index >= 15 is 0 Å². The maximum Gasteiger partial charge on any atom is 0.168 e. The Morgan fingerprint density at radius 3 is 1.79 bits per heavy atom. The Kier molecular flexibility index (Phi) is 20.7. The second kappa shape index (κ2) is 22.1. The van der Waals surface area contributed by atoms with Gasteiger partial charge in [0, 0.05) is 32.7 Å². The summed E-state index contributed by atoms with van der Waals surface area (Å²) in [6.07, 6.45) is 23.6. The standard InChI is InChI=1S/C30H60O4/c1-5-9-10-11-12-14-17-23-30(33-7-3,34-8-4)24-18-15-13-16-21-28(20-6-2)22-19-25-31-26-29-27-32-29/h28-29H,5-27H2,1-4H3. The quantitative estimate of drug-likeness (QED) is 0.0663. The van der Waals surface area contributed by atoms with Crippen LogP contribution >= 0.6 is 0 Å². The van der Waals surface area contributed by atoms with Gasteiger partial charge in [-0.25, -0.2) is 0 Å². The molecule has 204 valence electrons. The fourth-order valence-corrected chi connectivity index (χ4v) is 5.21. The molecule has 0 bridgehead atoms. The van der Waals surface area contributed by atoms with Crippen LogP contribution < -0.4 is 0 Å². The van der Waals surface area contributed by atoms with Gasteiger partial charge in [-0.05, 0) is 45.4 Å². The molecule has 0 aromatic heterocycles. The van der Waals surface area contributed by atoms with Gasteiger partial charge in [-0.1, -0.05) is 90.9 Å². The van der Waals surface area contributed by atoms with E-state index in [1.165, 1.54) is 103 Å². The molecule has 0 aromatic carbocycles. The van der Waals surface area contributed by atoms with Crippen LogP contribution in [0.15, 0.2) is 0 Å². The van der Waals surface area contributed by atoms with E-state index in [0.717, 1.165) is 51.8 Å². The molecule has 0 N–H and O–H groups in total. The summed E-state index contributed by atoms with van der Waals surface area (Å²) in [6, 6.07) is 0. The van der Waals surface area contributed by atoms with Crippen molar-refractivity contribution in [2.75, 3.05) is 33.0 Å². The van der Waals surface area contributed by atoms with Crippen molar-refractivity contribution >= 4 is 0 Å². The van der Waals surface area contributed by atoms with Gasteiger partial charge in [0.25, 0.3) is 0 Å². The highest BCUT2D eigenvalue weighted by atomic mass is 16.7. The Hall–Kier alpha value is -0.160. The van der Waals surface area contributed by atoms with Crippen molar-refractivity contribution in [1.29, 1.82) is 0 Å². The third kappa shape index (κ3) is 17.3. The van der Waals surface area contributed by atoms with Gasteiger partial charge in [-0.2, -0.15) is 0 Å². The predicted molar refractivity (Wildman–Crippen MR) is 144 cm³/mol. The summed E-state index contributed by atoms with van der Waals surface area (Å²) in [5.41, 5.74) is 0. The third-order valence-corrected chi connectivity index (χ3v) is 7.20. The van der Waals surface area contributed by atoms with Crippen molar-refractivity contribution in [2.45, 2.75) is 155 Å². The molecule has 4 heteroatoms. The van der Waals surface area contributed by atoms with Crippen molar-refractivity contribution in [3.63, 3.8) is 0 Å². The number of rotatable bonds is 27. The van der Waals surface area contributed by atoms with Crippen LogP contribution in [-0.2, 0) is 18.9 Å². The van der Waals surface area contributed by atoms with Crippen LogP contribution in [0.25, 0.3) is 0 Å². The van der Waals surface area contributed by atoms with Crippen LogP contribution in [0.5, 0.6) is 0 Å². The van der Waals surface area contributed by atoms with Crippen LogP contribution in [0.3, 0.4) is 0 Å². The second-order valence-electron chi connectivity index (χ2n) is 10.4. The lowest BCUT2D eigenvalue weighted by Crippen LogP contribution is -2.36. The molecular formula is C30H60O4. The largest absolute Gasteiger partial charge is 0.379 e. The summed E-state index contributed by atoms with van der Waals surface area (Å²) >= 11 is 0. The zero-order valence-corrected chi connectivity index (χ0v) is 23.6. The molecule has 0 amide bonds. The van der Waals surface area contributed by atoms with Gasteiger partial charge in [0.15, 0.2) is 5.79 Å². The minimum absolute atomic E-state index is 0.344. The number of unbranched alkanes of at least 4 members (excludes halogenated alkanes) is 9. The lowest BCUT2D eigenvalue weighted by Gasteiger charge is -2.33. The summed E-state index contributed by atoms with van der Waals surface area (Å²) in [6.45, 7) is 12.9. The highest BCUT2D eigenvalue weighted by Crippen LogP contribution is 2.29. The summed E-state index contributed by atoms with van der Waals surface area (Å²) in [5.74, 6) is 0.525. The summed E-state index contributed by atoms with van der Waals surface area (Å²) in [7, 11) is 0. The first-order chi connectivity index (χ1) is 16.7. The molecule has 0 aromatic rings. The summed E-state index contributed by atoms with van der Waals surface area (Å²) < 4.78 is 23.4. The predicted octanol–water partition coefficient (Wildman–Crippen LogP) is 8.85. The van der Waals surface area contributed by atoms with E-state index < -0.39 is 0 Å². The SMILES string of the molecule is CCCCCCCCCC(CCCCCCC(CCC)CCCOCC1CO1)(OCC)OCC. The minimum Gasteiger partial charge on any atom is -0.379 e. The first-order valence-electron chi connectivity index (χ1n) is 15.2. The van der Waals surface area contributed by atoms with E-state index in [2.05, 4.69) is 27.7 Å². The van der Waals surface area contributed by atoms with E-state index in [1.807, 2.05) is 0 Å². The molecule has 0 radical (unpaired) electrons. The Bertz CT molecular complexity index is 418. The van der Waals surface area contributed by atoms with Crippen molar-refractivity contribution in [2.24, 2.45) is 5.92 Å². The lowest BCUT2D eigenvalue weighted by molar-refractivity contribution is -0.242. The molecule has 0 aliphatic carbocycles. The Morgan fingerprint density at radius 1 is 0.676 bits per heavy atom. The Labute approximate surface area is 213 Å². The molecule has 2 unspecified atom stereocenters. The molecule has 4 nitrogen and oxygen atoms in total. The molecule has 0 spiro atoms. The monoisotopic (exact) mass is 484 g/mol. The first-order valence-corrected chi connectivity index (χ1v) is 15.2. The highest BCUT2D eigenvalue weighted by Gasteiger charge is 2.30. The molecule has 1 aliphatic rings. The van der Waals surface area contributed by atoms with Crippen LogP contribution in [0, 0.1) is 5.92 Å². The number of hydrogen-bond donors (Lipinski definition) is 0. The first kappa shape index (κ1) is 31.9. The topological polar surface area (TPSA) is 40.2 Å². The van der Waals surface area contributed by atoms with Gasteiger partial charge >= 0.3 is 0 Å². The van der Waals surface area contributed by atoms with Gasteiger partial charge in [0.05, 0.1) is 13.2 Å². The molecule has 0 saturated carbocycles. The smallest absolute Gasteiger partial charge is 0.168 e. The van der Waals surface area contributed by atoms with Crippen molar-refractivity contribution in [3.8, 4) is 0 Å². The summed E-state index contributed by atoms with van der Waals surface area (Å²) in [5, 5.41) is 0. The Morgan fingerprint density at radius 2 is 1.24 bits per heavy atom. The zero-order valence-electron chi connectivity index (χ0n) is 23.6. The molecule has 34 heavy (non-hydrogen) atoms. The normalized spacial score (nSPS) is 16.8. The van der Waals surface area contributed by atoms with Crippen molar-refractivity contribution in [1.82, 2.24) is 0 Å². The molecule has 1 saturated heterocycles. The fraction of sp³-hybridized carbons (Fsp3) is 1.00. The van der Waals surface area contributed by atoms with Gasteiger partial charge < -0.3 is 18.9 Å². The molecule has 1 heterocycles. The zero-order chi connectivity index (χ0) is 24.7. The Balaban J connectivity index is 2.20. The van der Waals surface area contributed by atoms with E-state index in [4.69, 9.17) is 18.9 Å². The molecular weight excluding hydrogens is 424 g/mol. The van der Waals surface area contributed by atoms with Gasteiger partial charge in [0.1, 0.15) is 6.10 Å². The van der Waals surface area contributed by atoms with Gasteiger partial charge in [-0.15, -0.1) is 0 Å². The summed E-state index contributed by atoms with van der Waals surface area (Å²) in [4.78, 5) is 0. The van der Waals surface area contributed by atoms with E-state index in [-0.39, 0.29) is 5.79 Å². The fourth-order valence-electron chi connectivity index (χ4n) is 5.21. The second-order valence-corrected chi connectivity index (χ2v) is 10.4. The third-order valence-electron chi connectivity index (χ3n) is 7.20. The molecule has 2 atom stereocenters. The molecule has 1 rings (SSSR count). The van der Waals surface area contributed by atoms with Crippen LogP contribution in [0.1, 0.15) is 143 Å². The average Bonchev–Trinajstić information content (AvgIpc) is 3.65. The maximum atomic E-state index is 6.23. The molecule has 1 fully saturated rings. The van der Waals surface area contributed by atoms with Gasteiger partial charge in [-0.3, -0.25) is 0 Å². The lowest BCUT2D eigenvalue weighted by atomic mass is 9.91. The van der Waals surface area contributed by atoms with E-state index in [0.29, 0.717) is 6.10 Å². The van der Waals surface area contributed by atoms with Crippen LogP contribution in [0.2, 0.25) is 0 Å². The number of epoxide rings is 1. The highest BCUT2D eigenvalue weighted by molar-refractivity contribution is 4.71. The minimum atomic E-state index is -0.344. The van der Waals surface area contributed by atoms with E-state index in [1.54, 1.807) is 0 Å².